The second-order valence-corrected chi connectivity index (χ2v) is 6.83. The highest BCUT2D eigenvalue weighted by molar-refractivity contribution is 6.45. The number of hydrogen-bond donors (Lipinski definition) is 2. The second-order valence-electron chi connectivity index (χ2n) is 6.05. The van der Waals surface area contributed by atoms with Crippen LogP contribution in [0.25, 0.3) is 10.9 Å². The summed E-state index contributed by atoms with van der Waals surface area (Å²) in [7, 11) is 0. The Morgan fingerprint density at radius 3 is 2.78 bits per heavy atom. The van der Waals surface area contributed by atoms with E-state index in [9.17, 15) is 9.90 Å². The number of anilines is 1. The molecule has 0 aliphatic heterocycles. The first-order chi connectivity index (χ1) is 11.0. The number of halogens is 2. The van der Waals surface area contributed by atoms with E-state index in [1.807, 2.05) is 19.1 Å². The lowest BCUT2D eigenvalue weighted by molar-refractivity contribution is -0.143. The van der Waals surface area contributed by atoms with Gasteiger partial charge in [0.15, 0.2) is 0 Å². The van der Waals surface area contributed by atoms with Crippen molar-refractivity contribution in [2.45, 2.75) is 38.6 Å². The largest absolute Gasteiger partial charge is 0.481 e. The summed E-state index contributed by atoms with van der Waals surface area (Å²) in [6, 6.07) is 5.46. The van der Waals surface area contributed by atoms with Gasteiger partial charge in [0.25, 0.3) is 0 Å². The zero-order valence-electron chi connectivity index (χ0n) is 12.8. The molecule has 1 fully saturated rings. The van der Waals surface area contributed by atoms with Gasteiger partial charge in [0.05, 0.1) is 21.5 Å². The average Bonchev–Trinajstić information content (AvgIpc) is 2.51. The molecule has 0 saturated heterocycles. The van der Waals surface area contributed by atoms with Gasteiger partial charge in [-0.2, -0.15) is 0 Å². The van der Waals surface area contributed by atoms with Crippen molar-refractivity contribution in [2.24, 2.45) is 5.92 Å². The molecule has 4 nitrogen and oxygen atoms in total. The van der Waals surface area contributed by atoms with Gasteiger partial charge in [0.1, 0.15) is 0 Å². The molecule has 0 radical (unpaired) electrons. The summed E-state index contributed by atoms with van der Waals surface area (Å²) in [6.45, 7) is 1.89. The maximum Gasteiger partial charge on any atom is 0.308 e. The van der Waals surface area contributed by atoms with Crippen LogP contribution in [0, 0.1) is 12.8 Å². The van der Waals surface area contributed by atoms with Gasteiger partial charge in [-0.25, -0.2) is 0 Å². The van der Waals surface area contributed by atoms with Crippen molar-refractivity contribution in [3.8, 4) is 0 Å². The standard InChI is InChI=1S/C17H18Cl2N2O2/c1-9-8-14(10-6-7-12(18)15(19)16(10)20-9)21-13-5-3-2-4-11(13)17(22)23/h6-8,11,13H,2-5H2,1H3,(H,20,21)(H,22,23). The monoisotopic (exact) mass is 352 g/mol. The van der Waals surface area contributed by atoms with Gasteiger partial charge in [-0.05, 0) is 38.0 Å². The Hall–Kier alpha value is -1.52. The van der Waals surface area contributed by atoms with Gasteiger partial charge in [-0.1, -0.05) is 36.0 Å². The minimum absolute atomic E-state index is 0.0827. The van der Waals surface area contributed by atoms with E-state index in [-0.39, 0.29) is 12.0 Å². The molecule has 1 aromatic heterocycles. The number of aromatic nitrogens is 1. The van der Waals surface area contributed by atoms with Gasteiger partial charge >= 0.3 is 5.97 Å². The number of hydrogen-bond acceptors (Lipinski definition) is 3. The van der Waals surface area contributed by atoms with E-state index < -0.39 is 5.97 Å². The lowest BCUT2D eigenvalue weighted by Crippen LogP contribution is -2.37. The van der Waals surface area contributed by atoms with E-state index >= 15 is 0 Å². The number of aryl methyl sites for hydroxylation is 1. The number of carboxylic acid groups (broad SMARTS) is 1. The highest BCUT2D eigenvalue weighted by atomic mass is 35.5. The van der Waals surface area contributed by atoms with Crippen LogP contribution in [0.3, 0.4) is 0 Å². The number of fused-ring (bicyclic) bond motifs is 1. The molecule has 2 N–H and O–H groups in total. The molecule has 1 saturated carbocycles. The molecule has 23 heavy (non-hydrogen) atoms. The molecule has 0 spiro atoms. The number of carbonyl (C=O) groups is 1. The summed E-state index contributed by atoms with van der Waals surface area (Å²) in [6.07, 6.45) is 3.56. The van der Waals surface area contributed by atoms with E-state index in [4.69, 9.17) is 23.2 Å². The smallest absolute Gasteiger partial charge is 0.308 e. The van der Waals surface area contributed by atoms with Gasteiger partial charge in [0.2, 0.25) is 0 Å². The Morgan fingerprint density at radius 1 is 1.30 bits per heavy atom. The number of benzene rings is 1. The molecule has 1 aliphatic carbocycles. The number of aliphatic carboxylic acids is 1. The molecule has 2 unspecified atom stereocenters. The first-order valence-electron chi connectivity index (χ1n) is 7.72. The van der Waals surface area contributed by atoms with Crippen LogP contribution in [0.5, 0.6) is 0 Å². The fourth-order valence-corrected chi connectivity index (χ4v) is 3.64. The fourth-order valence-electron chi connectivity index (χ4n) is 3.28. The first-order valence-corrected chi connectivity index (χ1v) is 8.47. The summed E-state index contributed by atoms with van der Waals surface area (Å²) in [5.74, 6) is -1.10. The maximum atomic E-state index is 11.5. The highest BCUT2D eigenvalue weighted by Crippen LogP contribution is 2.35. The van der Waals surface area contributed by atoms with E-state index in [1.165, 1.54) is 0 Å². The van der Waals surface area contributed by atoms with Crippen molar-refractivity contribution in [1.82, 2.24) is 4.98 Å². The van der Waals surface area contributed by atoms with Gasteiger partial charge < -0.3 is 10.4 Å². The van der Waals surface area contributed by atoms with Crippen molar-refractivity contribution < 1.29 is 9.90 Å². The summed E-state index contributed by atoms with van der Waals surface area (Å²) in [5.41, 5.74) is 2.32. The first kappa shape index (κ1) is 16.3. The third-order valence-electron chi connectivity index (χ3n) is 4.42. The van der Waals surface area contributed by atoms with Crippen LogP contribution in [-0.4, -0.2) is 22.1 Å². The molecule has 3 rings (SSSR count). The minimum atomic E-state index is -0.738. The number of rotatable bonds is 3. The van der Waals surface area contributed by atoms with Gasteiger partial charge in [0, 0.05) is 22.8 Å². The number of nitrogens with zero attached hydrogens (tertiary/aromatic N) is 1. The Kier molecular flexibility index (Phi) is 4.64. The predicted molar refractivity (Wildman–Crippen MR) is 93.5 cm³/mol. The zero-order valence-corrected chi connectivity index (χ0v) is 14.3. The van der Waals surface area contributed by atoms with Gasteiger partial charge in [-0.3, -0.25) is 9.78 Å². The quantitative estimate of drug-likeness (QED) is 0.823. The van der Waals surface area contributed by atoms with E-state index in [2.05, 4.69) is 10.3 Å². The molecule has 122 valence electrons. The van der Waals surface area contributed by atoms with E-state index in [0.29, 0.717) is 22.0 Å². The van der Waals surface area contributed by atoms with Crippen molar-refractivity contribution in [3.63, 3.8) is 0 Å². The lowest BCUT2D eigenvalue weighted by atomic mass is 9.84. The van der Waals surface area contributed by atoms with Crippen LogP contribution in [0.1, 0.15) is 31.4 Å². The van der Waals surface area contributed by atoms with Crippen molar-refractivity contribution in [1.29, 1.82) is 0 Å². The molecular formula is C17H18Cl2N2O2. The SMILES string of the molecule is Cc1cc(NC2CCCCC2C(=O)O)c2ccc(Cl)c(Cl)c2n1. The van der Waals surface area contributed by atoms with Crippen LogP contribution in [0.4, 0.5) is 5.69 Å². The molecule has 1 aliphatic rings. The van der Waals surface area contributed by atoms with Crippen molar-refractivity contribution in [2.75, 3.05) is 5.32 Å². The Bertz CT molecular complexity index is 764. The Labute approximate surface area is 144 Å². The Balaban J connectivity index is 2.02. The molecule has 2 aromatic rings. The fraction of sp³-hybridized carbons (Fsp3) is 0.412. The second kappa shape index (κ2) is 6.54. The van der Waals surface area contributed by atoms with Crippen LogP contribution in [0.2, 0.25) is 10.0 Å². The Morgan fingerprint density at radius 2 is 2.04 bits per heavy atom. The summed E-state index contributed by atoms with van der Waals surface area (Å²) >= 11 is 12.4. The summed E-state index contributed by atoms with van der Waals surface area (Å²) in [4.78, 5) is 16.0. The molecule has 6 heteroatoms. The topological polar surface area (TPSA) is 62.2 Å². The molecule has 0 amide bonds. The summed E-state index contributed by atoms with van der Waals surface area (Å²) < 4.78 is 0. The molecule has 0 bridgehead atoms. The van der Waals surface area contributed by atoms with Crippen molar-refractivity contribution >= 4 is 45.8 Å². The van der Waals surface area contributed by atoms with Crippen LogP contribution >= 0.6 is 23.2 Å². The minimum Gasteiger partial charge on any atom is -0.481 e. The number of nitrogens with one attached hydrogen (secondary N) is 1. The van der Waals surface area contributed by atoms with E-state index in [1.54, 1.807) is 6.07 Å². The van der Waals surface area contributed by atoms with E-state index in [0.717, 1.165) is 36.0 Å². The molecule has 1 aromatic carbocycles. The average molecular weight is 353 g/mol. The van der Waals surface area contributed by atoms with Crippen molar-refractivity contribution in [3.05, 3.63) is 33.9 Å². The number of pyridine rings is 1. The number of carboxylic acids is 1. The normalized spacial score (nSPS) is 21.3. The molecular weight excluding hydrogens is 335 g/mol. The maximum absolute atomic E-state index is 11.5. The molecule has 2 atom stereocenters. The van der Waals surface area contributed by atoms with Gasteiger partial charge in [-0.15, -0.1) is 0 Å². The zero-order chi connectivity index (χ0) is 16.6. The molecule has 1 heterocycles. The third-order valence-corrected chi connectivity index (χ3v) is 5.22. The predicted octanol–water partition coefficient (Wildman–Crippen LogP) is 4.91. The van der Waals surface area contributed by atoms with Crippen LogP contribution < -0.4 is 5.32 Å². The summed E-state index contributed by atoms with van der Waals surface area (Å²) in [5, 5.41) is 14.6. The highest BCUT2D eigenvalue weighted by Gasteiger charge is 2.31. The van der Waals surface area contributed by atoms with Crippen LogP contribution in [0.15, 0.2) is 18.2 Å². The van der Waals surface area contributed by atoms with Crippen LogP contribution in [-0.2, 0) is 4.79 Å². The third kappa shape index (κ3) is 3.24. The lowest BCUT2D eigenvalue weighted by Gasteiger charge is -2.30.